The normalized spacial score (nSPS) is 16.4. The van der Waals surface area contributed by atoms with E-state index in [0.717, 1.165) is 11.3 Å². The summed E-state index contributed by atoms with van der Waals surface area (Å²) in [6.45, 7) is 1.79. The molecule has 0 atom stereocenters. The molecule has 132 valence electrons. The number of hydrogen-bond donors (Lipinski definition) is 0. The lowest BCUT2D eigenvalue weighted by atomic mass is 10.2. The van der Waals surface area contributed by atoms with E-state index in [1.807, 2.05) is 35.2 Å². The van der Waals surface area contributed by atoms with Gasteiger partial charge in [0.05, 0.1) is 11.9 Å². The molecule has 1 aliphatic rings. The molecule has 1 saturated heterocycles. The van der Waals surface area contributed by atoms with Crippen LogP contribution in [0.5, 0.6) is 0 Å². The molecule has 2 aromatic rings. The first-order chi connectivity index (χ1) is 12.0. The van der Waals surface area contributed by atoms with Crippen LogP contribution in [0.15, 0.2) is 52.8 Å². The first-order valence-electron chi connectivity index (χ1n) is 7.97. The Labute approximate surface area is 146 Å². The first kappa shape index (κ1) is 17.4. The summed E-state index contributed by atoms with van der Waals surface area (Å²) >= 11 is 0. The molecule has 0 amide bonds. The smallest absolute Gasteiger partial charge is 0.268 e. The predicted molar refractivity (Wildman–Crippen MR) is 97.7 cm³/mol. The van der Waals surface area contributed by atoms with Gasteiger partial charge in [-0.05, 0) is 11.6 Å². The van der Waals surface area contributed by atoms with Gasteiger partial charge in [-0.3, -0.25) is 4.79 Å². The zero-order chi connectivity index (χ0) is 17.9. The second-order valence-corrected chi connectivity index (χ2v) is 7.64. The van der Waals surface area contributed by atoms with Gasteiger partial charge >= 0.3 is 0 Å². The van der Waals surface area contributed by atoms with E-state index in [4.69, 9.17) is 0 Å². The highest BCUT2D eigenvalue weighted by molar-refractivity contribution is 7.92. The molecule has 25 heavy (non-hydrogen) atoms. The van der Waals surface area contributed by atoms with Gasteiger partial charge in [0.15, 0.2) is 0 Å². The van der Waals surface area contributed by atoms with Crippen LogP contribution < -0.4 is 10.5 Å². The molecule has 0 aliphatic carbocycles. The summed E-state index contributed by atoms with van der Waals surface area (Å²) < 4.78 is 27.6. The number of anilines is 1. The average Bonchev–Trinajstić information content (AvgIpc) is 2.63. The summed E-state index contributed by atoms with van der Waals surface area (Å²) in [7, 11) is -1.86. The lowest BCUT2D eigenvalue weighted by Gasteiger charge is -2.34. The third-order valence-corrected chi connectivity index (χ3v) is 5.71. The molecule has 0 saturated carbocycles. The highest BCUT2D eigenvalue weighted by Gasteiger charge is 2.25. The molecule has 1 fully saturated rings. The fourth-order valence-electron chi connectivity index (χ4n) is 2.65. The molecular weight excluding hydrogens is 340 g/mol. The average molecular weight is 360 g/mol. The number of sulfonamides is 1. The van der Waals surface area contributed by atoms with Crippen molar-refractivity contribution in [3.8, 4) is 0 Å². The van der Waals surface area contributed by atoms with Gasteiger partial charge in [0.25, 0.3) is 5.56 Å². The molecule has 0 radical (unpaired) electrons. The number of aryl methyl sites for hydroxylation is 1. The van der Waals surface area contributed by atoms with E-state index < -0.39 is 10.0 Å². The van der Waals surface area contributed by atoms with E-state index in [1.54, 1.807) is 19.3 Å². The molecule has 1 aromatic carbocycles. The zero-order valence-corrected chi connectivity index (χ0v) is 14.8. The van der Waals surface area contributed by atoms with Crippen LogP contribution in [0.2, 0.25) is 0 Å². The molecule has 2 heterocycles. The van der Waals surface area contributed by atoms with Gasteiger partial charge in [0, 0.05) is 44.7 Å². The van der Waals surface area contributed by atoms with Crippen LogP contribution in [0.1, 0.15) is 5.56 Å². The van der Waals surface area contributed by atoms with E-state index in [2.05, 4.69) is 5.10 Å². The third-order valence-electron chi connectivity index (χ3n) is 4.15. The third kappa shape index (κ3) is 4.15. The summed E-state index contributed by atoms with van der Waals surface area (Å²) in [5, 5.41) is 5.25. The molecule has 0 N–H and O–H groups in total. The van der Waals surface area contributed by atoms with Crippen LogP contribution in [0.25, 0.3) is 6.08 Å². The van der Waals surface area contributed by atoms with Crippen molar-refractivity contribution in [2.24, 2.45) is 7.05 Å². The standard InChI is InChI=1S/C17H20N4O3S/c1-19-17(22)13-16(14-18-19)20-8-10-21(11-9-20)25(23,24)12-7-15-5-3-2-4-6-15/h2-7,12-14H,8-11H2,1H3/b12-7+. The van der Waals surface area contributed by atoms with Crippen LogP contribution in [-0.4, -0.2) is 48.7 Å². The Balaban J connectivity index is 1.66. The van der Waals surface area contributed by atoms with Crippen molar-refractivity contribution in [1.82, 2.24) is 14.1 Å². The van der Waals surface area contributed by atoms with Crippen LogP contribution in [0.4, 0.5) is 5.69 Å². The lowest BCUT2D eigenvalue weighted by Crippen LogP contribution is -2.48. The van der Waals surface area contributed by atoms with Crippen molar-refractivity contribution >= 4 is 21.8 Å². The lowest BCUT2D eigenvalue weighted by molar-refractivity contribution is 0.389. The van der Waals surface area contributed by atoms with Crippen molar-refractivity contribution in [3.63, 3.8) is 0 Å². The maximum Gasteiger partial charge on any atom is 0.268 e. The zero-order valence-electron chi connectivity index (χ0n) is 13.9. The second kappa shape index (κ2) is 7.20. The van der Waals surface area contributed by atoms with Crippen LogP contribution in [-0.2, 0) is 17.1 Å². The Hall–Kier alpha value is -2.45. The number of nitrogens with zero attached hydrogens (tertiary/aromatic N) is 4. The van der Waals surface area contributed by atoms with Gasteiger partial charge in [-0.1, -0.05) is 30.3 Å². The molecule has 0 bridgehead atoms. The van der Waals surface area contributed by atoms with Crippen LogP contribution in [0, 0.1) is 0 Å². The van der Waals surface area contributed by atoms with Crippen LogP contribution >= 0.6 is 0 Å². The van der Waals surface area contributed by atoms with Crippen molar-refractivity contribution in [2.75, 3.05) is 31.1 Å². The minimum Gasteiger partial charge on any atom is -0.367 e. The topological polar surface area (TPSA) is 75.5 Å². The molecule has 0 spiro atoms. The van der Waals surface area contributed by atoms with Gasteiger partial charge in [0.2, 0.25) is 10.0 Å². The number of benzene rings is 1. The molecule has 8 heteroatoms. The van der Waals surface area contributed by atoms with Crippen molar-refractivity contribution in [3.05, 3.63) is 63.9 Å². The van der Waals surface area contributed by atoms with E-state index in [-0.39, 0.29) is 5.56 Å². The largest absolute Gasteiger partial charge is 0.367 e. The summed E-state index contributed by atoms with van der Waals surface area (Å²) in [6, 6.07) is 10.8. The van der Waals surface area contributed by atoms with Gasteiger partial charge in [-0.25, -0.2) is 13.1 Å². The van der Waals surface area contributed by atoms with E-state index >= 15 is 0 Å². The van der Waals surface area contributed by atoms with E-state index in [1.165, 1.54) is 20.5 Å². The summed E-state index contributed by atoms with van der Waals surface area (Å²) in [5.74, 6) is 0. The molecule has 1 aliphatic heterocycles. The van der Waals surface area contributed by atoms with Gasteiger partial charge in [0.1, 0.15) is 0 Å². The predicted octanol–water partition coefficient (Wildman–Crippen LogP) is 0.903. The van der Waals surface area contributed by atoms with E-state index in [9.17, 15) is 13.2 Å². The Bertz CT molecular complexity index is 914. The maximum atomic E-state index is 12.5. The summed E-state index contributed by atoms with van der Waals surface area (Å²) in [5.41, 5.74) is 1.38. The number of rotatable bonds is 4. The van der Waals surface area contributed by atoms with Crippen LogP contribution in [0.3, 0.4) is 0 Å². The summed E-state index contributed by atoms with van der Waals surface area (Å²) in [6.07, 6.45) is 3.23. The SMILES string of the molecule is Cn1ncc(N2CCN(S(=O)(=O)/C=C/c3ccccc3)CC2)cc1=O. The van der Waals surface area contributed by atoms with Crippen molar-refractivity contribution in [2.45, 2.75) is 0 Å². The van der Waals surface area contributed by atoms with Gasteiger partial charge in [-0.2, -0.15) is 9.40 Å². The minimum absolute atomic E-state index is 0.182. The molecule has 1 aromatic heterocycles. The van der Waals surface area contributed by atoms with Gasteiger partial charge in [-0.15, -0.1) is 0 Å². The second-order valence-electron chi connectivity index (χ2n) is 5.82. The van der Waals surface area contributed by atoms with E-state index in [0.29, 0.717) is 26.2 Å². The quantitative estimate of drug-likeness (QED) is 0.810. The Kier molecular flexibility index (Phi) is 5.00. The Morgan fingerprint density at radius 2 is 1.76 bits per heavy atom. The number of hydrogen-bond acceptors (Lipinski definition) is 5. The fraction of sp³-hybridized carbons (Fsp3) is 0.294. The molecule has 7 nitrogen and oxygen atoms in total. The molecular formula is C17H20N4O3S. The maximum absolute atomic E-state index is 12.5. The molecule has 3 rings (SSSR count). The minimum atomic E-state index is -3.46. The Morgan fingerprint density at radius 3 is 2.40 bits per heavy atom. The molecule has 0 unspecified atom stereocenters. The van der Waals surface area contributed by atoms with Crippen molar-refractivity contribution in [1.29, 1.82) is 0 Å². The highest BCUT2D eigenvalue weighted by atomic mass is 32.2. The summed E-state index contributed by atoms with van der Waals surface area (Å²) in [4.78, 5) is 13.7. The first-order valence-corrected chi connectivity index (χ1v) is 9.48. The number of piperazine rings is 1. The Morgan fingerprint density at radius 1 is 1.08 bits per heavy atom. The monoisotopic (exact) mass is 360 g/mol. The fourth-order valence-corrected chi connectivity index (χ4v) is 3.82. The highest BCUT2D eigenvalue weighted by Crippen LogP contribution is 2.16. The van der Waals surface area contributed by atoms with Crippen molar-refractivity contribution < 1.29 is 8.42 Å². The van der Waals surface area contributed by atoms with Gasteiger partial charge < -0.3 is 4.90 Å². The number of aromatic nitrogens is 2.